The van der Waals surface area contributed by atoms with E-state index in [-0.39, 0.29) is 46.6 Å². The van der Waals surface area contributed by atoms with Crippen LogP contribution in [0.2, 0.25) is 0 Å². The number of anilines is 1. The number of rotatable bonds is 5. The summed E-state index contributed by atoms with van der Waals surface area (Å²) in [6.45, 7) is 27.8. The van der Waals surface area contributed by atoms with Gasteiger partial charge in [-0.2, -0.15) is 0 Å². The third kappa shape index (κ3) is 15.9. The van der Waals surface area contributed by atoms with Crippen molar-refractivity contribution in [1.82, 2.24) is 10.6 Å². The van der Waals surface area contributed by atoms with Crippen molar-refractivity contribution < 1.29 is 48.9 Å². The molecule has 15 heteroatoms. The minimum Gasteiger partial charge on any atom is -0.508 e. The van der Waals surface area contributed by atoms with Gasteiger partial charge in [0.25, 0.3) is 5.17 Å². The summed E-state index contributed by atoms with van der Waals surface area (Å²) in [4.78, 5) is 14.4. The van der Waals surface area contributed by atoms with E-state index in [0.717, 1.165) is 147 Å². The smallest absolute Gasteiger partial charge is 0.269 e. The highest BCUT2D eigenvalue weighted by Crippen LogP contribution is 2.72. The summed E-state index contributed by atoms with van der Waals surface area (Å²) < 4.78 is 31.1. The highest BCUT2D eigenvalue weighted by Gasteiger charge is 2.69. The van der Waals surface area contributed by atoms with Crippen molar-refractivity contribution in [3.8, 4) is 28.4 Å². The van der Waals surface area contributed by atoms with Crippen LogP contribution in [-0.2, 0) is 15.9 Å². The zero-order chi connectivity index (χ0) is 86.0. The number of phenols is 1. The van der Waals surface area contributed by atoms with Gasteiger partial charge in [0, 0.05) is 43.2 Å². The minimum atomic E-state index is -0.687. The predicted molar refractivity (Wildman–Crippen MR) is 496 cm³/mol. The number of phenolic OH excluding ortho intramolecular Hbond substituents is 1. The van der Waals surface area contributed by atoms with Gasteiger partial charge in [0.05, 0.1) is 58.8 Å². The molecule has 27 atom stereocenters. The van der Waals surface area contributed by atoms with Crippen LogP contribution in [0.3, 0.4) is 0 Å². The van der Waals surface area contributed by atoms with Crippen molar-refractivity contribution in [2.45, 2.75) is 296 Å². The quantitative estimate of drug-likeness (QED) is 0.0635. The van der Waals surface area contributed by atoms with E-state index < -0.39 is 5.60 Å². The molecule has 14 nitrogen and oxygen atoms in total. The van der Waals surface area contributed by atoms with Crippen molar-refractivity contribution >= 4 is 44.8 Å². The van der Waals surface area contributed by atoms with E-state index in [0.29, 0.717) is 116 Å². The first-order valence-electron chi connectivity index (χ1n) is 48.1. The molecule has 5 heterocycles. The summed E-state index contributed by atoms with van der Waals surface area (Å²) in [7, 11) is 1.91. The summed E-state index contributed by atoms with van der Waals surface area (Å²) in [6.07, 6.45) is 31.7. The van der Waals surface area contributed by atoms with Crippen LogP contribution in [0, 0.1) is 106 Å². The van der Waals surface area contributed by atoms with Crippen LogP contribution in [-0.4, -0.2) is 110 Å². The summed E-state index contributed by atoms with van der Waals surface area (Å²) >= 11 is 5.41. The summed E-state index contributed by atoms with van der Waals surface area (Å²) in [6, 6.07) is 43.6. The molecule has 7 aromatic rings. The summed E-state index contributed by atoms with van der Waals surface area (Å²) in [5, 5.41) is 63.3. The largest absolute Gasteiger partial charge is 0.508 e. The first kappa shape index (κ1) is 87.0. The molecule has 7 N–H and O–H groups in total. The van der Waals surface area contributed by atoms with Crippen LogP contribution in [0.1, 0.15) is 240 Å². The molecule has 0 amide bonds. The molecule has 123 heavy (non-hydrogen) atoms. The number of allylic oxidation sites excluding steroid dienone is 2. The molecule has 15 aliphatic rings. The van der Waals surface area contributed by atoms with Gasteiger partial charge in [-0.15, -0.1) is 0 Å². The third-order valence-electron chi connectivity index (χ3n) is 35.9. The molecular weight excluding hydrogens is 1550 g/mol. The Hall–Kier alpha value is -6.76. The van der Waals surface area contributed by atoms with Gasteiger partial charge in [0.15, 0.2) is 5.43 Å². The molecule has 0 bridgehead atoms. The number of nitrogens with zero attached hydrogens (tertiary/aromatic N) is 1. The highest BCUT2D eigenvalue weighted by molar-refractivity contribution is 7.80. The zero-order valence-electron chi connectivity index (χ0n) is 75.5. The monoisotopic (exact) mass is 1690 g/mol. The van der Waals surface area contributed by atoms with Gasteiger partial charge in [-0.3, -0.25) is 10.1 Å². The Bertz CT molecular complexity index is 5130. The lowest BCUT2D eigenvalue weighted by molar-refractivity contribution is -0.140. The Morgan fingerprint density at radius 3 is 2.16 bits per heavy atom. The fourth-order valence-electron chi connectivity index (χ4n) is 29.3. The van der Waals surface area contributed by atoms with Gasteiger partial charge >= 0.3 is 0 Å². The number of fused-ring (bicyclic) bond motifs is 20. The van der Waals surface area contributed by atoms with E-state index in [1.807, 2.05) is 111 Å². The van der Waals surface area contributed by atoms with E-state index in [2.05, 4.69) is 109 Å². The number of thiocarbonyl (C=S) groups is 1. The number of aliphatic hydroxyl groups excluding tert-OH is 3. The number of benzene rings is 6. The fraction of sp³-hybridized carbons (Fsp3) is 0.611. The number of aromatic hydroxyl groups is 1. The van der Waals surface area contributed by atoms with Crippen molar-refractivity contribution in [3.63, 3.8) is 0 Å². The molecule has 0 radical (unpaired) electrons. The molecule has 2 spiro atoms. The maximum Gasteiger partial charge on any atom is 0.269 e. The lowest BCUT2D eigenvalue weighted by Crippen LogP contribution is -2.57. The minimum absolute atomic E-state index is 0.0291. The van der Waals surface area contributed by atoms with E-state index in [1.54, 1.807) is 23.8 Å². The first-order valence-corrected chi connectivity index (χ1v) is 48.5. The molecule has 8 saturated carbocycles. The van der Waals surface area contributed by atoms with Crippen LogP contribution in [0.4, 0.5) is 5.69 Å². The number of hydrogen-bond acceptors (Lipinski definition) is 14. The third-order valence-corrected chi connectivity index (χ3v) is 36.3. The Morgan fingerprint density at radius 2 is 1.37 bits per heavy atom. The second-order valence-electron chi connectivity index (χ2n) is 42.8. The Balaban J connectivity index is 0.000000106. The average molecular weight is 1690 g/mol. The Kier molecular flexibility index (Phi) is 24.3. The molecule has 4 aliphatic heterocycles. The van der Waals surface area contributed by atoms with Gasteiger partial charge < -0.3 is 59.1 Å². The first-order chi connectivity index (χ1) is 59.0. The molecule has 660 valence electrons. The van der Waals surface area contributed by atoms with Crippen LogP contribution in [0.15, 0.2) is 172 Å². The maximum absolute atomic E-state index is 12.6. The number of piperidine rings is 2. The second-order valence-corrected chi connectivity index (χ2v) is 43.1. The summed E-state index contributed by atoms with van der Waals surface area (Å²) in [5.74, 6) is 12.2. The molecule has 12 fully saturated rings. The normalized spacial score (nSPS) is 39.4. The molecule has 11 aliphatic carbocycles. The van der Waals surface area contributed by atoms with Crippen LogP contribution >= 0.6 is 12.2 Å². The number of aliphatic hydroxyl groups is 4. The van der Waals surface area contributed by atoms with E-state index in [1.165, 1.54) is 117 Å². The molecular formula is C108H141N3O11S. The molecule has 1 aromatic heterocycles. The van der Waals surface area contributed by atoms with Gasteiger partial charge in [0.1, 0.15) is 34.8 Å². The van der Waals surface area contributed by atoms with Crippen molar-refractivity contribution in [2.24, 2.45) is 99.1 Å². The lowest BCUT2D eigenvalue weighted by Gasteiger charge is -2.61. The molecule has 4 saturated heterocycles. The highest BCUT2D eigenvalue weighted by atomic mass is 32.1. The van der Waals surface area contributed by atoms with Crippen molar-refractivity contribution in [1.29, 1.82) is 0 Å². The van der Waals surface area contributed by atoms with Crippen LogP contribution < -0.4 is 30.4 Å². The van der Waals surface area contributed by atoms with Gasteiger partial charge in [-0.1, -0.05) is 139 Å². The number of nitrogens with one attached hydrogen (secondary N) is 2. The fourth-order valence-corrected chi connectivity index (χ4v) is 29.5. The average Bonchev–Trinajstić information content (AvgIpc) is 1.54. The predicted octanol–water partition coefficient (Wildman–Crippen LogP) is 21.9. The van der Waals surface area contributed by atoms with Gasteiger partial charge in [-0.05, 0) is 386 Å². The number of hydrogen-bond donors (Lipinski definition) is 7. The van der Waals surface area contributed by atoms with Crippen molar-refractivity contribution in [2.75, 3.05) is 25.0 Å². The Labute approximate surface area is 737 Å². The zero-order valence-corrected chi connectivity index (χ0v) is 76.3. The van der Waals surface area contributed by atoms with Crippen LogP contribution in [0.25, 0.3) is 32.9 Å². The van der Waals surface area contributed by atoms with E-state index >= 15 is 0 Å². The second kappa shape index (κ2) is 34.4. The number of aryl methyl sites for hydroxylation is 2. The van der Waals surface area contributed by atoms with E-state index in [4.69, 9.17) is 35.6 Å². The summed E-state index contributed by atoms with van der Waals surface area (Å²) in [5.41, 5.74) is 11.5. The lowest BCUT2D eigenvalue weighted by atomic mass is 9.44. The van der Waals surface area contributed by atoms with Crippen LogP contribution in [0.5, 0.6) is 17.2 Å². The van der Waals surface area contributed by atoms with Gasteiger partial charge in [-0.25, -0.2) is 0 Å². The molecule has 22 rings (SSSR count). The SMILES string of the molecule is CC(C)Oc1ccc2c(=O)c(-c3ccccc3)coc2c1.CC1=C2CC3[C@@H](CC=C4C[C@@H](O)CC[C@@]43O)[C@@H]2CC[C@]12O[C@@H]1C[C@H](C)CN[C@H]1[C@H]2C.C[C@H]1CCC2(NC1)O[C@H]1C[C@H]3[C@@H]4CC[C@H]5C[C@@H](O)CC[C@]5(C)[C@H]4CC[C@]3(C)[C@H]1[C@@H]2C.C[C@]12CC[C@@H]3c4ccc(O)cc4CC[C@H]3[C@@H]1CC[C@@H]2O.Cc1cccc(N(C)C(=S)Oc2ccc3ccccc3c2)c1. The standard InChI is InChI=1S/C27H45NO2.C26H39NO3.C19H17NOS.C18H16O3.C18H24O2/c1-16-7-12-27(28-15-16)17(2)24-23(30-27)14-22-20-6-5-18-13-19(29)8-10-25(18,3)21(20)9-11-26(22,24)4;1-14-10-23-24(27-13-14)16(3)26(30-23)9-7-19-20-5-4-17-11-18(28)6-8-25(17,29)22(20)12-21(19)15(26)2;1-14-6-5-9-17(12-14)20(2)19(22)21-18-11-10-15-7-3-4-8-16(15)13-18;1-12(2)21-14-8-9-15-17(10-14)20-11-16(18(15)19)13-6-4-3-5-7-13;1-18-9-8-14-13-5-3-12(19)10-11(13)2-4-15(14)16(18)6-7-17(18)20/h16-24,28-29H,5-15H2,1-4H3;4,14,16,18-20,22-24,27-29H,5-13H2,1-3H3;3-13H,1-2H3;3-12H,1-2H3;3,5,10,14-17,19-20H,2,4,6-9H2,1H3/t16-,17-,18-,19-,20+,21-,22-,23-,24-,25-,26-,27?;14-,16+,18-,19-,20-,22?,23+,24-,25+,26-;;;14-,15-,16+,17+,18+/m00..1/s1. The van der Waals surface area contributed by atoms with Gasteiger partial charge in [0.2, 0.25) is 0 Å². The topological polar surface area (TPSA) is 196 Å². The molecule has 6 aromatic carbocycles. The molecule has 2 unspecified atom stereocenters. The number of ether oxygens (including phenoxy) is 4. The van der Waals surface area contributed by atoms with E-state index in [9.17, 15) is 30.3 Å². The van der Waals surface area contributed by atoms with Crippen molar-refractivity contribution in [3.05, 3.63) is 189 Å². The Morgan fingerprint density at radius 1 is 0.618 bits per heavy atom. The maximum atomic E-state index is 12.6.